The van der Waals surface area contributed by atoms with E-state index in [0.717, 1.165) is 17.3 Å². The molecule has 1 atom stereocenters. The molecule has 3 heterocycles. The number of hydrogen-bond acceptors (Lipinski definition) is 9. The molecule has 0 spiro atoms. The number of nitrogens with zero attached hydrogens (tertiary/aromatic N) is 2. The molecule has 2 aliphatic rings. The Hall–Kier alpha value is -3.40. The van der Waals surface area contributed by atoms with Crippen molar-refractivity contribution in [1.82, 2.24) is 15.5 Å². The predicted molar refractivity (Wildman–Crippen MR) is 105 cm³/mol. The van der Waals surface area contributed by atoms with E-state index in [1.807, 2.05) is 42.5 Å². The Labute approximate surface area is 175 Å². The van der Waals surface area contributed by atoms with Crippen molar-refractivity contribution >= 4 is 17.7 Å². The molecule has 0 aliphatic carbocycles. The summed E-state index contributed by atoms with van der Waals surface area (Å²) >= 11 is 1.16. The Morgan fingerprint density at radius 2 is 1.87 bits per heavy atom. The van der Waals surface area contributed by atoms with Crippen LogP contribution in [0.15, 0.2) is 52.1 Å². The average Bonchev–Trinajstić information content (AvgIpc) is 3.45. The van der Waals surface area contributed by atoms with Gasteiger partial charge >= 0.3 is 0 Å². The summed E-state index contributed by atoms with van der Waals surface area (Å²) in [4.78, 5) is 12.1. The van der Waals surface area contributed by atoms with Crippen LogP contribution < -0.4 is 24.3 Å². The topological polar surface area (TPSA) is 105 Å². The number of thioether (sulfide) groups is 1. The lowest BCUT2D eigenvalue weighted by atomic mass is 10.2. The second kappa shape index (κ2) is 8.15. The molecule has 0 bridgehead atoms. The number of fused-ring (bicyclic) bond motifs is 2. The van der Waals surface area contributed by atoms with Crippen LogP contribution in [0.25, 0.3) is 0 Å². The number of carbonyl (C=O) groups is 1. The van der Waals surface area contributed by atoms with Crippen LogP contribution in [0.2, 0.25) is 0 Å². The van der Waals surface area contributed by atoms with Gasteiger partial charge in [0.05, 0.1) is 5.75 Å². The van der Waals surface area contributed by atoms with E-state index in [0.29, 0.717) is 40.7 Å². The Morgan fingerprint density at radius 1 is 1.03 bits per heavy atom. The van der Waals surface area contributed by atoms with E-state index in [1.165, 1.54) is 0 Å². The van der Waals surface area contributed by atoms with Gasteiger partial charge in [-0.25, -0.2) is 0 Å². The zero-order chi connectivity index (χ0) is 20.3. The molecule has 1 N–H and O–H groups in total. The van der Waals surface area contributed by atoms with Gasteiger partial charge < -0.3 is 28.7 Å². The molecule has 9 nitrogen and oxygen atoms in total. The molecule has 1 aromatic heterocycles. The maximum atomic E-state index is 12.1. The predicted octanol–water partition coefficient (Wildman–Crippen LogP) is 2.72. The molecule has 2 aliphatic heterocycles. The maximum Gasteiger partial charge on any atom is 0.277 e. The highest BCUT2D eigenvalue weighted by molar-refractivity contribution is 7.99. The lowest BCUT2D eigenvalue weighted by Gasteiger charge is -2.23. The fraction of sp³-hybridized carbons (Fsp3) is 0.250. The number of ether oxygens (including phenoxy) is 4. The average molecular weight is 427 g/mol. The Morgan fingerprint density at radius 3 is 2.80 bits per heavy atom. The number of benzene rings is 2. The van der Waals surface area contributed by atoms with Crippen molar-refractivity contribution in [2.45, 2.75) is 17.9 Å². The second-order valence-corrected chi connectivity index (χ2v) is 7.45. The first-order valence-corrected chi connectivity index (χ1v) is 10.2. The normalized spacial score (nSPS) is 16.3. The quantitative estimate of drug-likeness (QED) is 0.595. The van der Waals surface area contributed by atoms with E-state index in [-0.39, 0.29) is 25.1 Å². The van der Waals surface area contributed by atoms with Gasteiger partial charge in [0.2, 0.25) is 18.8 Å². The zero-order valence-corrected chi connectivity index (χ0v) is 16.5. The van der Waals surface area contributed by atoms with Gasteiger partial charge in [0.1, 0.15) is 6.61 Å². The second-order valence-electron chi connectivity index (χ2n) is 6.52. The van der Waals surface area contributed by atoms with Crippen LogP contribution in [-0.4, -0.2) is 35.3 Å². The minimum Gasteiger partial charge on any atom is -0.485 e. The third kappa shape index (κ3) is 3.99. The molecule has 1 amide bonds. The number of carbonyl (C=O) groups excluding carboxylic acids is 1. The van der Waals surface area contributed by atoms with E-state index in [4.69, 9.17) is 23.4 Å². The highest BCUT2D eigenvalue weighted by atomic mass is 32.2. The third-order valence-corrected chi connectivity index (χ3v) is 5.28. The van der Waals surface area contributed by atoms with Gasteiger partial charge in [0.15, 0.2) is 23.0 Å². The largest absolute Gasteiger partial charge is 0.485 e. The molecule has 154 valence electrons. The third-order valence-electron chi connectivity index (χ3n) is 4.46. The molecule has 2 aromatic carbocycles. The van der Waals surface area contributed by atoms with E-state index in [2.05, 4.69) is 15.5 Å². The van der Waals surface area contributed by atoms with Crippen LogP contribution in [0, 0.1) is 0 Å². The maximum absolute atomic E-state index is 12.1. The number of aromatic nitrogens is 2. The molecule has 10 heteroatoms. The van der Waals surface area contributed by atoms with Gasteiger partial charge in [-0.05, 0) is 29.8 Å². The molecule has 3 aromatic rings. The first kappa shape index (κ1) is 18.6. The fourth-order valence-electron chi connectivity index (χ4n) is 2.98. The van der Waals surface area contributed by atoms with Crippen molar-refractivity contribution < 1.29 is 28.2 Å². The number of amides is 1. The van der Waals surface area contributed by atoms with Crippen LogP contribution in [-0.2, 0) is 11.3 Å². The van der Waals surface area contributed by atoms with Gasteiger partial charge in [-0.3, -0.25) is 4.79 Å². The minimum atomic E-state index is -0.485. The summed E-state index contributed by atoms with van der Waals surface area (Å²) in [5.74, 6) is 3.02. The number of rotatable bonds is 6. The molecule has 0 fully saturated rings. The molecule has 0 saturated heterocycles. The highest BCUT2D eigenvalue weighted by Gasteiger charge is 2.27. The lowest BCUT2D eigenvalue weighted by molar-refractivity contribution is -0.118. The van der Waals surface area contributed by atoms with Crippen molar-refractivity contribution in [3.63, 3.8) is 0 Å². The van der Waals surface area contributed by atoms with Crippen LogP contribution in [0.5, 0.6) is 23.0 Å². The summed E-state index contributed by atoms with van der Waals surface area (Å²) < 4.78 is 27.7. The van der Waals surface area contributed by atoms with Gasteiger partial charge in [-0.1, -0.05) is 30.0 Å². The number of para-hydroxylation sites is 2. The SMILES string of the molecule is O=C(CSc1nnc([C@@H]2COc3ccccc3O2)o1)NCc1ccc2c(c1)OCO2. The van der Waals surface area contributed by atoms with Crippen LogP contribution in [0.1, 0.15) is 17.6 Å². The monoisotopic (exact) mass is 427 g/mol. The molecule has 0 saturated carbocycles. The van der Waals surface area contributed by atoms with Crippen LogP contribution >= 0.6 is 11.8 Å². The molecule has 0 unspecified atom stereocenters. The lowest BCUT2D eigenvalue weighted by Crippen LogP contribution is -2.24. The van der Waals surface area contributed by atoms with Gasteiger partial charge in [-0.2, -0.15) is 0 Å². The van der Waals surface area contributed by atoms with E-state index >= 15 is 0 Å². The van der Waals surface area contributed by atoms with E-state index in [1.54, 1.807) is 0 Å². The standard InChI is InChI=1S/C20H17N3O6S/c24-18(21-8-12-5-6-14-16(7-12)27-11-26-14)10-30-20-23-22-19(29-20)17-9-25-13-3-1-2-4-15(13)28-17/h1-7,17H,8-11H2,(H,21,24)/t17-/m0/s1. The molecule has 30 heavy (non-hydrogen) atoms. The summed E-state index contributed by atoms with van der Waals surface area (Å²) in [5.41, 5.74) is 0.924. The highest BCUT2D eigenvalue weighted by Crippen LogP contribution is 2.36. The summed E-state index contributed by atoms with van der Waals surface area (Å²) in [6, 6.07) is 13.0. The van der Waals surface area contributed by atoms with E-state index in [9.17, 15) is 4.79 Å². The molecule has 0 radical (unpaired) electrons. The van der Waals surface area contributed by atoms with Crippen LogP contribution in [0.3, 0.4) is 0 Å². The Bertz CT molecular complexity index is 1070. The molecular formula is C20H17N3O6S. The summed E-state index contributed by atoms with van der Waals surface area (Å²) in [7, 11) is 0. The Balaban J connectivity index is 1.11. The van der Waals surface area contributed by atoms with Gasteiger partial charge in [-0.15, -0.1) is 10.2 Å². The van der Waals surface area contributed by atoms with E-state index < -0.39 is 6.10 Å². The van der Waals surface area contributed by atoms with Crippen molar-refractivity contribution in [2.24, 2.45) is 0 Å². The Kier molecular flexibility index (Phi) is 5.06. The molecular weight excluding hydrogens is 410 g/mol. The van der Waals surface area contributed by atoms with Crippen LogP contribution in [0.4, 0.5) is 0 Å². The van der Waals surface area contributed by atoms with Crippen molar-refractivity contribution in [3.05, 3.63) is 53.9 Å². The fourth-order valence-corrected chi connectivity index (χ4v) is 3.58. The first-order valence-electron chi connectivity index (χ1n) is 9.24. The van der Waals surface area contributed by atoms with Gasteiger partial charge in [0.25, 0.3) is 11.1 Å². The van der Waals surface area contributed by atoms with Gasteiger partial charge in [0, 0.05) is 6.54 Å². The number of nitrogens with one attached hydrogen (secondary N) is 1. The summed E-state index contributed by atoms with van der Waals surface area (Å²) in [6.07, 6.45) is -0.485. The van der Waals surface area contributed by atoms with Crippen molar-refractivity contribution in [2.75, 3.05) is 19.2 Å². The van der Waals surface area contributed by atoms with Crippen molar-refractivity contribution in [1.29, 1.82) is 0 Å². The zero-order valence-electron chi connectivity index (χ0n) is 15.7. The summed E-state index contributed by atoms with van der Waals surface area (Å²) in [5, 5.41) is 11.1. The first-order chi connectivity index (χ1) is 14.7. The smallest absolute Gasteiger partial charge is 0.277 e. The van der Waals surface area contributed by atoms with Crippen molar-refractivity contribution in [3.8, 4) is 23.0 Å². The summed E-state index contributed by atoms with van der Waals surface area (Å²) in [6.45, 7) is 0.885. The number of hydrogen-bond donors (Lipinski definition) is 1. The minimum absolute atomic E-state index is 0.149. The molecule has 5 rings (SSSR count).